The van der Waals surface area contributed by atoms with E-state index in [4.69, 9.17) is 70.1 Å². The third-order valence-corrected chi connectivity index (χ3v) is 25.8. The van der Waals surface area contributed by atoms with Crippen molar-refractivity contribution < 1.29 is 81.8 Å². The highest BCUT2D eigenvalue weighted by atomic mass is 35.5. The molecule has 29 heteroatoms. The van der Waals surface area contributed by atoms with E-state index in [0.29, 0.717) is 66.9 Å². The zero-order valence-corrected chi connectivity index (χ0v) is 82.5. The number of aromatic nitrogens is 2. The maximum Gasteiger partial charge on any atom is 0.573 e. The number of nitrogens with zero attached hydrogens (tertiary/aromatic N) is 7. The Balaban J connectivity index is 0.000000168. The van der Waals surface area contributed by atoms with Gasteiger partial charge in [0, 0.05) is 150 Å². The van der Waals surface area contributed by atoms with E-state index in [0.717, 1.165) is 165 Å². The smallest absolute Gasteiger partial charge is 0.493 e. The quantitative estimate of drug-likeness (QED) is 0.102. The molecule has 0 N–H and O–H groups in total. The molecule has 0 radical (unpaired) electrons. The molecular formula is C103H129Cl4F10N7O8. The number of benzene rings is 7. The van der Waals surface area contributed by atoms with Gasteiger partial charge in [-0.15, -0.1) is 39.5 Å². The molecule has 9 aromatic rings. The topological polar surface area (TPSA) is 116 Å². The molecular weight excluding hydrogens is 1790 g/mol. The Kier molecular flexibility index (Phi) is 39.4. The van der Waals surface area contributed by atoms with Crippen molar-refractivity contribution >= 4 is 46.4 Å². The van der Waals surface area contributed by atoms with Gasteiger partial charge in [-0.1, -0.05) is 104 Å². The standard InChI is InChI=1S/C15H21ClN2.C14H20ClNO.C14H17Cl.C14H18F3NO2.C13H18ClNO.C10H15N.C8H6F4O.C8H8O2.C7H6F3NO/c1-11-7-13(12(2)15(16)8-11)9-18-6-5-17-4-3-14(18)10-17;1-10-6-13(15)11(2)14(7-10)17-9-12-4-5-16(3)8-12;1-9-6-12(10(2)13(15)7-9)14-5-3-4-11(14)8-14;1-10-7-12(9-18-3-5-19-6-4-18)11(2)13(8-10)20-14(15,16)17;1-9-6-12(14)10(2)13(7-9)16-11-4-5-15(3)8-11;1-8-5-6-9(11-7-8)10(2,3)4;1-5-2-6(9)4-7(3-5)13-8(10,11)12;1-6-2-3-7-8(4-6)10-5-9-7;1-5-4-6(2-3-11-5)12-7(8,9)10/h7-8,14H,3-6,9-10H2,1-2H3;6-7,12H,4-5,8-9H2,1-3H3;6-7,11H,3-5,8H2,1-2H3;7-8H,3-6,9H2,1-2H3;6-7,11H,4-5,8H2,1-3H3;5-7H,1-4H3;2-4H,1H3;2-4H,5H2,1H3;2-4H,1H3. The van der Waals surface area contributed by atoms with Crippen LogP contribution < -0.4 is 33.2 Å². The van der Waals surface area contributed by atoms with E-state index in [9.17, 15) is 43.9 Å². The minimum absolute atomic E-state index is 0.110. The molecule has 132 heavy (non-hydrogen) atoms. The van der Waals surface area contributed by atoms with Crippen molar-refractivity contribution in [1.82, 2.24) is 34.5 Å². The number of likely N-dealkylation sites (N-methyl/N-ethyl adjacent to an activating group) is 1. The zero-order valence-electron chi connectivity index (χ0n) is 79.5. The van der Waals surface area contributed by atoms with E-state index in [1.807, 2.05) is 77.2 Å². The number of ether oxygens (including phenoxy) is 8. The van der Waals surface area contributed by atoms with Crippen LogP contribution in [0.4, 0.5) is 43.9 Å². The normalized spacial score (nSPS) is 19.6. The third-order valence-electron chi connectivity index (χ3n) is 24.3. The molecule has 0 spiro atoms. The number of pyridine rings is 2. The van der Waals surface area contributed by atoms with Crippen LogP contribution in [0, 0.1) is 115 Å². The van der Waals surface area contributed by atoms with Crippen LogP contribution in [0.2, 0.25) is 20.1 Å². The van der Waals surface area contributed by atoms with Gasteiger partial charge in [-0.25, -0.2) is 4.39 Å². The lowest BCUT2D eigenvalue weighted by Crippen LogP contribution is -2.46. The summed E-state index contributed by atoms with van der Waals surface area (Å²) in [6, 6.07) is 36.4. The fraction of sp³-hybridized carbons (Fsp3) is 0.495. The van der Waals surface area contributed by atoms with E-state index >= 15 is 0 Å². The predicted octanol–water partition coefficient (Wildman–Crippen LogP) is 26.3. The van der Waals surface area contributed by atoms with Crippen LogP contribution in [-0.2, 0) is 28.7 Å². The summed E-state index contributed by atoms with van der Waals surface area (Å²) in [5.74, 6) is 3.56. The van der Waals surface area contributed by atoms with Crippen LogP contribution in [0.3, 0.4) is 0 Å². The molecule has 7 fully saturated rings. The largest absolute Gasteiger partial charge is 0.573 e. The summed E-state index contributed by atoms with van der Waals surface area (Å²) in [4.78, 5) is 20.1. The summed E-state index contributed by atoms with van der Waals surface area (Å²) >= 11 is 24.9. The number of aryl methyl sites for hydroxylation is 9. The molecule has 8 aliphatic rings. The van der Waals surface area contributed by atoms with Crippen molar-refractivity contribution in [2.75, 3.05) is 106 Å². The molecule has 6 aliphatic heterocycles. The van der Waals surface area contributed by atoms with Gasteiger partial charge in [0.1, 0.15) is 40.7 Å². The molecule has 0 amide bonds. The predicted molar refractivity (Wildman–Crippen MR) is 507 cm³/mol. The van der Waals surface area contributed by atoms with Crippen LogP contribution in [0.25, 0.3) is 0 Å². The van der Waals surface area contributed by atoms with E-state index < -0.39 is 30.7 Å². The van der Waals surface area contributed by atoms with Crippen molar-refractivity contribution in [1.29, 1.82) is 0 Å². The third kappa shape index (κ3) is 34.5. The van der Waals surface area contributed by atoms with Crippen LogP contribution in [0.1, 0.15) is 166 Å². The second kappa shape index (κ2) is 48.4. The number of hydrogen-bond donors (Lipinski definition) is 0. The van der Waals surface area contributed by atoms with Crippen LogP contribution >= 0.6 is 46.4 Å². The highest BCUT2D eigenvalue weighted by Crippen LogP contribution is 2.65. The van der Waals surface area contributed by atoms with Gasteiger partial charge < -0.3 is 52.6 Å². The number of halogens is 14. The van der Waals surface area contributed by atoms with Gasteiger partial charge in [-0.2, -0.15) is 0 Å². The SMILES string of the molecule is Cc1cc(CN2CCOCC2)c(C)c(OC(F)(F)F)c1.Cc1cc(Cl)c(C)c(C23CCCC2C3)c1.Cc1cc(Cl)c(C)c(CN2CCN3CCC2C3)c1.Cc1cc(Cl)c(C)c(OC2CCN(C)C2)c1.Cc1cc(Cl)c(C)c(OCC2CCN(C)C2)c1.Cc1cc(F)cc(OC(F)(F)F)c1.Cc1cc(OC(F)(F)F)ccn1.Cc1ccc(C(C)(C)C)nc1.Cc1ccc2c(c1)OCO2. The number of hydrogen-bond acceptors (Lipinski definition) is 15. The highest BCUT2D eigenvalue weighted by Gasteiger charge is 2.58. The Morgan fingerprint density at radius 3 is 1.61 bits per heavy atom. The Bertz CT molecular complexity index is 5230. The maximum absolute atomic E-state index is 12.6. The van der Waals surface area contributed by atoms with Crippen LogP contribution in [0.5, 0.6) is 40.2 Å². The fourth-order valence-corrected chi connectivity index (χ4v) is 18.1. The molecule has 6 unspecified atom stereocenters. The number of likely N-dealkylation sites (tertiary alicyclic amines) is 2. The van der Waals surface area contributed by atoms with Crippen LogP contribution in [0.15, 0.2) is 134 Å². The molecule has 8 heterocycles. The minimum Gasteiger partial charge on any atom is -0.493 e. The second-order valence-electron chi connectivity index (χ2n) is 36.9. The highest BCUT2D eigenvalue weighted by molar-refractivity contribution is 6.32. The summed E-state index contributed by atoms with van der Waals surface area (Å²) in [5, 5.41) is 3.46. The molecule has 15 nitrogen and oxygen atoms in total. The fourth-order valence-electron chi connectivity index (χ4n) is 17.0. The molecule has 17 rings (SSSR count). The molecule has 5 saturated heterocycles. The van der Waals surface area contributed by atoms with Crippen molar-refractivity contribution in [3.8, 4) is 40.2 Å². The average Bonchev–Trinajstić information content (AvgIpc) is 1.55. The number of rotatable bonds is 13. The molecule has 2 saturated carbocycles. The van der Waals surface area contributed by atoms with Gasteiger partial charge in [-0.05, 0) is 331 Å². The number of alkyl halides is 9. The lowest BCUT2D eigenvalue weighted by molar-refractivity contribution is -0.275. The summed E-state index contributed by atoms with van der Waals surface area (Å²) in [6.07, 6.45) is -1.27. The van der Waals surface area contributed by atoms with E-state index in [-0.39, 0.29) is 16.9 Å². The lowest BCUT2D eigenvalue weighted by Gasteiger charge is -2.34. The number of morpholine rings is 1. The summed E-state index contributed by atoms with van der Waals surface area (Å²) in [6.45, 7) is 49.0. The van der Waals surface area contributed by atoms with E-state index in [1.54, 1.807) is 26.3 Å². The first-order valence-corrected chi connectivity index (χ1v) is 46.3. The van der Waals surface area contributed by atoms with Gasteiger partial charge in [0.2, 0.25) is 6.79 Å². The first-order chi connectivity index (χ1) is 61.9. The summed E-state index contributed by atoms with van der Waals surface area (Å²) < 4.78 is 158. The van der Waals surface area contributed by atoms with Gasteiger partial charge in [-0.3, -0.25) is 19.8 Å². The number of piperazine rings is 1. The van der Waals surface area contributed by atoms with Gasteiger partial charge in [0.05, 0.1) is 19.8 Å². The Morgan fingerprint density at radius 1 is 0.470 bits per heavy atom. The molecule has 6 atom stereocenters. The maximum atomic E-state index is 12.6. The molecule has 2 aromatic heterocycles. The molecule has 2 bridgehead atoms. The molecule has 2 aliphatic carbocycles. The second-order valence-corrected chi connectivity index (χ2v) is 38.5. The Hall–Kier alpha value is -8.34. The minimum atomic E-state index is -4.78. The van der Waals surface area contributed by atoms with Gasteiger partial charge in [0.25, 0.3) is 0 Å². The van der Waals surface area contributed by atoms with Gasteiger partial charge in [0.15, 0.2) is 11.5 Å². The van der Waals surface area contributed by atoms with Gasteiger partial charge >= 0.3 is 19.1 Å². The monoisotopic (exact) mass is 1920 g/mol. The van der Waals surface area contributed by atoms with Crippen molar-refractivity contribution in [2.45, 2.75) is 218 Å². The van der Waals surface area contributed by atoms with Crippen molar-refractivity contribution in [3.05, 3.63) is 260 Å². The Labute approximate surface area is 794 Å². The van der Waals surface area contributed by atoms with Crippen LogP contribution in [-0.4, -0.2) is 172 Å². The summed E-state index contributed by atoms with van der Waals surface area (Å²) in [5.41, 5.74) is 19.8. The summed E-state index contributed by atoms with van der Waals surface area (Å²) in [7, 11) is 4.29. The molecule has 7 aromatic carbocycles. The first-order valence-electron chi connectivity index (χ1n) is 44.8. The average molecular weight is 1920 g/mol. The zero-order chi connectivity index (χ0) is 96.9. The Morgan fingerprint density at radius 2 is 1.03 bits per heavy atom. The first kappa shape index (κ1) is 107. The van der Waals surface area contributed by atoms with E-state index in [1.165, 1.54) is 135 Å². The molecule has 722 valence electrons. The number of fused-ring (bicyclic) bond motifs is 4. The van der Waals surface area contributed by atoms with Crippen molar-refractivity contribution in [2.24, 2.45) is 11.8 Å². The van der Waals surface area contributed by atoms with Crippen molar-refractivity contribution in [3.63, 3.8) is 0 Å². The van der Waals surface area contributed by atoms with E-state index in [2.05, 4.69) is 167 Å². The lowest BCUT2D eigenvalue weighted by atomic mass is 9.88.